The number of hydrogen-bond acceptors (Lipinski definition) is 3. The summed E-state index contributed by atoms with van der Waals surface area (Å²) in [6.07, 6.45) is 4.81. The number of hydrogen-bond donors (Lipinski definition) is 0. The zero-order chi connectivity index (χ0) is 6.97. The fourth-order valence-electron chi connectivity index (χ4n) is 0.746. The number of aromatic nitrogens is 4. The van der Waals surface area contributed by atoms with Gasteiger partial charge in [-0.15, -0.1) is 10.2 Å². The summed E-state index contributed by atoms with van der Waals surface area (Å²) in [7, 11) is 5.44. The normalized spacial score (nSPS) is 10.4. The summed E-state index contributed by atoms with van der Waals surface area (Å²) in [4.78, 5) is 3.91. The van der Waals surface area contributed by atoms with Crippen LogP contribution in [0.2, 0.25) is 0 Å². The second-order valence-electron chi connectivity index (χ2n) is 1.93. The SMILES string of the molecule is [B]c1cnc2nncn2c1. The Kier molecular flexibility index (Phi) is 0.971. The molecule has 0 spiro atoms. The van der Waals surface area contributed by atoms with E-state index in [2.05, 4.69) is 15.2 Å². The smallest absolute Gasteiger partial charge is 0.254 e. The lowest BCUT2D eigenvalue weighted by atomic mass is 10.0. The summed E-state index contributed by atoms with van der Waals surface area (Å²) in [5, 5.41) is 7.34. The molecule has 2 aromatic heterocycles. The van der Waals surface area contributed by atoms with Crippen LogP contribution in [-0.4, -0.2) is 27.4 Å². The lowest BCUT2D eigenvalue weighted by Crippen LogP contribution is -2.05. The molecule has 0 atom stereocenters. The Balaban J connectivity index is 2.86. The van der Waals surface area contributed by atoms with Crippen LogP contribution in [0.4, 0.5) is 0 Å². The lowest BCUT2D eigenvalue weighted by molar-refractivity contribution is 1.10. The van der Waals surface area contributed by atoms with Gasteiger partial charge in [-0.25, -0.2) is 4.98 Å². The van der Waals surface area contributed by atoms with Gasteiger partial charge >= 0.3 is 0 Å². The number of fused-ring (bicyclic) bond motifs is 1. The molecule has 0 N–H and O–H groups in total. The standard InChI is InChI=1S/C5H3BN4/c6-4-1-7-5-9-8-3-10(5)2-4/h1-3H. The van der Waals surface area contributed by atoms with Crippen molar-refractivity contribution in [3.05, 3.63) is 18.7 Å². The van der Waals surface area contributed by atoms with E-state index in [1.54, 1.807) is 23.1 Å². The van der Waals surface area contributed by atoms with Crippen molar-refractivity contribution in [3.8, 4) is 0 Å². The van der Waals surface area contributed by atoms with Crippen molar-refractivity contribution in [1.29, 1.82) is 0 Å². The summed E-state index contributed by atoms with van der Waals surface area (Å²) in [6.45, 7) is 0. The van der Waals surface area contributed by atoms with E-state index in [4.69, 9.17) is 7.85 Å². The second-order valence-corrected chi connectivity index (χ2v) is 1.93. The highest BCUT2D eigenvalue weighted by molar-refractivity contribution is 6.31. The Hall–Kier alpha value is -1.39. The maximum atomic E-state index is 5.44. The minimum absolute atomic E-state index is 0.564. The molecule has 0 bridgehead atoms. The molecule has 0 aliphatic carbocycles. The average Bonchev–Trinajstić information content (AvgIpc) is 2.33. The summed E-state index contributed by atoms with van der Waals surface area (Å²) in [5.74, 6) is 0.564. The molecule has 0 saturated carbocycles. The molecule has 0 aromatic carbocycles. The van der Waals surface area contributed by atoms with Crippen molar-refractivity contribution < 1.29 is 0 Å². The van der Waals surface area contributed by atoms with Crippen molar-refractivity contribution in [2.45, 2.75) is 0 Å². The molecule has 10 heavy (non-hydrogen) atoms. The van der Waals surface area contributed by atoms with Gasteiger partial charge in [0.25, 0.3) is 5.78 Å². The van der Waals surface area contributed by atoms with E-state index in [1.165, 1.54) is 0 Å². The molecule has 0 saturated heterocycles. The minimum Gasteiger partial charge on any atom is -0.274 e. The molecule has 2 aromatic rings. The van der Waals surface area contributed by atoms with Gasteiger partial charge in [0.15, 0.2) is 0 Å². The highest BCUT2D eigenvalue weighted by Crippen LogP contribution is 1.87. The third kappa shape index (κ3) is 0.672. The first-order chi connectivity index (χ1) is 4.86. The van der Waals surface area contributed by atoms with Gasteiger partial charge < -0.3 is 0 Å². The molecular weight excluding hydrogens is 127 g/mol. The van der Waals surface area contributed by atoms with Gasteiger partial charge in [0.05, 0.1) is 0 Å². The molecule has 4 nitrogen and oxygen atoms in total. The van der Waals surface area contributed by atoms with Crippen LogP contribution in [0, 0.1) is 0 Å². The largest absolute Gasteiger partial charge is 0.274 e. The van der Waals surface area contributed by atoms with Crippen LogP contribution in [0.5, 0.6) is 0 Å². The second kappa shape index (κ2) is 1.80. The summed E-state index contributed by atoms with van der Waals surface area (Å²) >= 11 is 0. The lowest BCUT2D eigenvalue weighted by Gasteiger charge is -1.90. The van der Waals surface area contributed by atoms with E-state index in [0.717, 1.165) is 0 Å². The zero-order valence-corrected chi connectivity index (χ0v) is 5.10. The Morgan fingerprint density at radius 3 is 3.30 bits per heavy atom. The van der Waals surface area contributed by atoms with Gasteiger partial charge in [-0.1, -0.05) is 5.46 Å². The van der Waals surface area contributed by atoms with Gasteiger partial charge in [0, 0.05) is 12.4 Å². The molecule has 46 valence electrons. The summed E-state index contributed by atoms with van der Waals surface area (Å²) in [5.41, 5.74) is 0.604. The monoisotopic (exact) mass is 130 g/mol. The van der Waals surface area contributed by atoms with Crippen molar-refractivity contribution in [3.63, 3.8) is 0 Å². The van der Waals surface area contributed by atoms with Crippen molar-refractivity contribution in [2.75, 3.05) is 0 Å². The first-order valence-corrected chi connectivity index (χ1v) is 2.77. The molecule has 5 heteroatoms. The molecule has 0 unspecified atom stereocenters. The topological polar surface area (TPSA) is 43.1 Å². The quantitative estimate of drug-likeness (QED) is 0.426. The van der Waals surface area contributed by atoms with Crippen LogP contribution in [0.15, 0.2) is 18.7 Å². The molecule has 2 heterocycles. The van der Waals surface area contributed by atoms with Crippen molar-refractivity contribution >= 4 is 19.1 Å². The minimum atomic E-state index is 0.564. The Bertz CT molecular complexity index is 355. The summed E-state index contributed by atoms with van der Waals surface area (Å²) in [6, 6.07) is 0. The fourth-order valence-corrected chi connectivity index (χ4v) is 0.746. The van der Waals surface area contributed by atoms with Crippen LogP contribution in [-0.2, 0) is 0 Å². The van der Waals surface area contributed by atoms with Gasteiger partial charge in [-0.3, -0.25) is 4.40 Å². The maximum Gasteiger partial charge on any atom is 0.254 e. The molecular formula is C5H3BN4. The van der Waals surface area contributed by atoms with Crippen LogP contribution in [0.25, 0.3) is 5.78 Å². The predicted octanol–water partition coefficient (Wildman–Crippen LogP) is -1.08. The Morgan fingerprint density at radius 1 is 1.50 bits per heavy atom. The van der Waals surface area contributed by atoms with Gasteiger partial charge in [-0.05, 0) is 0 Å². The van der Waals surface area contributed by atoms with E-state index < -0.39 is 0 Å². The van der Waals surface area contributed by atoms with E-state index in [0.29, 0.717) is 11.2 Å². The van der Waals surface area contributed by atoms with E-state index in [-0.39, 0.29) is 0 Å². The van der Waals surface area contributed by atoms with E-state index in [9.17, 15) is 0 Å². The van der Waals surface area contributed by atoms with Crippen molar-refractivity contribution in [1.82, 2.24) is 19.6 Å². The van der Waals surface area contributed by atoms with Gasteiger partial charge in [0.2, 0.25) is 0 Å². The first kappa shape index (κ1) is 5.40. The predicted molar refractivity (Wildman–Crippen MR) is 36.2 cm³/mol. The molecule has 0 fully saturated rings. The van der Waals surface area contributed by atoms with E-state index in [1.807, 2.05) is 0 Å². The number of nitrogens with zero attached hydrogens (tertiary/aromatic N) is 4. The van der Waals surface area contributed by atoms with Crippen LogP contribution in [0.1, 0.15) is 0 Å². The van der Waals surface area contributed by atoms with Crippen molar-refractivity contribution in [2.24, 2.45) is 0 Å². The van der Waals surface area contributed by atoms with Gasteiger partial charge in [0.1, 0.15) is 14.2 Å². The third-order valence-corrected chi connectivity index (χ3v) is 1.17. The van der Waals surface area contributed by atoms with Gasteiger partial charge in [-0.2, -0.15) is 0 Å². The molecule has 2 radical (unpaired) electrons. The van der Waals surface area contributed by atoms with E-state index >= 15 is 0 Å². The first-order valence-electron chi connectivity index (χ1n) is 2.77. The Labute approximate surface area is 58.3 Å². The maximum absolute atomic E-state index is 5.44. The molecule has 0 aliphatic rings. The van der Waals surface area contributed by atoms with Crippen LogP contribution >= 0.6 is 0 Å². The molecule has 2 rings (SSSR count). The molecule has 0 aliphatic heterocycles. The average molecular weight is 130 g/mol. The van der Waals surface area contributed by atoms with Crippen LogP contribution in [0.3, 0.4) is 0 Å². The highest BCUT2D eigenvalue weighted by atomic mass is 15.3. The Morgan fingerprint density at radius 2 is 2.40 bits per heavy atom. The molecule has 0 amide bonds. The van der Waals surface area contributed by atoms with Crippen LogP contribution < -0.4 is 5.46 Å². The number of rotatable bonds is 0. The third-order valence-electron chi connectivity index (χ3n) is 1.17. The summed E-state index contributed by atoms with van der Waals surface area (Å²) < 4.78 is 1.66. The zero-order valence-electron chi connectivity index (χ0n) is 5.10. The fraction of sp³-hybridized carbons (Fsp3) is 0. The highest BCUT2D eigenvalue weighted by Gasteiger charge is 1.92.